The Hall–Kier alpha value is -1.54. The van der Waals surface area contributed by atoms with Gasteiger partial charge < -0.3 is 16.2 Å². The lowest BCUT2D eigenvalue weighted by molar-refractivity contribution is -0.145. The molecule has 0 bridgehead atoms. The van der Waals surface area contributed by atoms with Gasteiger partial charge in [0.25, 0.3) is 0 Å². The Bertz CT molecular complexity index is 349. The Labute approximate surface area is 107 Å². The number of rotatable bonds is 5. The van der Waals surface area contributed by atoms with Gasteiger partial charge in [0.15, 0.2) is 0 Å². The Morgan fingerprint density at radius 3 is 2.72 bits per heavy atom. The van der Waals surface area contributed by atoms with Crippen molar-refractivity contribution in [2.45, 2.75) is 38.1 Å². The summed E-state index contributed by atoms with van der Waals surface area (Å²) in [7, 11) is 0. The molecule has 1 saturated carbocycles. The number of carboxylic acid groups (broad SMARTS) is 1. The Balaban J connectivity index is 2.43. The van der Waals surface area contributed by atoms with Crippen LogP contribution < -0.4 is 11.1 Å². The molecule has 100 valence electrons. The topological polar surface area (TPSA) is 92.4 Å². The fourth-order valence-electron chi connectivity index (χ4n) is 2.36. The molecule has 1 rings (SSSR count). The number of hydrogen-bond acceptors (Lipinski definition) is 3. The van der Waals surface area contributed by atoms with E-state index < -0.39 is 12.0 Å². The first kappa shape index (κ1) is 14.5. The summed E-state index contributed by atoms with van der Waals surface area (Å²) in [6, 6.07) is -0.707. The standard InChI is InChI=1S/C13H20N2O3/c1-2-5-11(14)12(16)15-8-9-6-3-4-7-10(9)13(17)18/h1,9-11H,3-8,14H2,(H,15,16)(H,17,18). The van der Waals surface area contributed by atoms with Gasteiger partial charge in [-0.25, -0.2) is 0 Å². The van der Waals surface area contributed by atoms with Crippen LogP contribution in [0.2, 0.25) is 0 Å². The number of aliphatic carboxylic acids is 1. The second-order valence-electron chi connectivity index (χ2n) is 4.75. The molecule has 1 amide bonds. The average molecular weight is 252 g/mol. The lowest BCUT2D eigenvalue weighted by atomic mass is 9.79. The average Bonchev–Trinajstić information content (AvgIpc) is 2.36. The zero-order valence-corrected chi connectivity index (χ0v) is 10.4. The Kier molecular flexibility index (Phi) is 5.66. The van der Waals surface area contributed by atoms with E-state index in [4.69, 9.17) is 17.3 Å². The van der Waals surface area contributed by atoms with Crippen LogP contribution in [-0.2, 0) is 9.59 Å². The van der Waals surface area contributed by atoms with Crippen molar-refractivity contribution in [3.8, 4) is 12.3 Å². The molecule has 4 N–H and O–H groups in total. The van der Waals surface area contributed by atoms with Gasteiger partial charge in [-0.2, -0.15) is 0 Å². The molecule has 1 aliphatic carbocycles. The van der Waals surface area contributed by atoms with Crippen molar-refractivity contribution in [3.05, 3.63) is 0 Å². The summed E-state index contributed by atoms with van der Waals surface area (Å²) < 4.78 is 0. The third-order valence-corrected chi connectivity index (χ3v) is 3.44. The highest BCUT2D eigenvalue weighted by Gasteiger charge is 2.31. The van der Waals surface area contributed by atoms with E-state index in [1.807, 2.05) is 0 Å². The fourth-order valence-corrected chi connectivity index (χ4v) is 2.36. The number of terminal acetylenes is 1. The molecule has 1 fully saturated rings. The van der Waals surface area contributed by atoms with Crippen LogP contribution in [-0.4, -0.2) is 29.6 Å². The second kappa shape index (κ2) is 7.02. The van der Waals surface area contributed by atoms with Gasteiger partial charge in [0.1, 0.15) is 0 Å². The van der Waals surface area contributed by atoms with E-state index in [0.29, 0.717) is 13.0 Å². The maximum atomic E-state index is 11.6. The predicted octanol–water partition coefficient (Wildman–Crippen LogP) is 0.344. The smallest absolute Gasteiger partial charge is 0.306 e. The molecule has 5 heteroatoms. The summed E-state index contributed by atoms with van der Waals surface area (Å²) in [5, 5.41) is 11.8. The number of carbonyl (C=O) groups excluding carboxylic acids is 1. The number of nitrogens with one attached hydrogen (secondary N) is 1. The van der Waals surface area contributed by atoms with E-state index in [0.717, 1.165) is 19.3 Å². The number of carbonyl (C=O) groups is 2. The predicted molar refractivity (Wildman–Crippen MR) is 67.5 cm³/mol. The van der Waals surface area contributed by atoms with Crippen molar-refractivity contribution in [2.75, 3.05) is 6.54 Å². The summed E-state index contributed by atoms with van der Waals surface area (Å²) >= 11 is 0. The van der Waals surface area contributed by atoms with Crippen molar-refractivity contribution in [3.63, 3.8) is 0 Å². The molecule has 0 radical (unpaired) electrons. The van der Waals surface area contributed by atoms with Crippen molar-refractivity contribution in [2.24, 2.45) is 17.6 Å². The van der Waals surface area contributed by atoms with Crippen molar-refractivity contribution in [1.82, 2.24) is 5.32 Å². The zero-order chi connectivity index (χ0) is 13.5. The van der Waals surface area contributed by atoms with E-state index in [-0.39, 0.29) is 24.2 Å². The molecule has 5 nitrogen and oxygen atoms in total. The maximum Gasteiger partial charge on any atom is 0.306 e. The highest BCUT2D eigenvalue weighted by atomic mass is 16.4. The lowest BCUT2D eigenvalue weighted by Crippen LogP contribution is -2.44. The second-order valence-corrected chi connectivity index (χ2v) is 4.75. The largest absolute Gasteiger partial charge is 0.481 e. The first-order valence-corrected chi connectivity index (χ1v) is 6.25. The van der Waals surface area contributed by atoms with Crippen LogP contribution in [0.15, 0.2) is 0 Å². The van der Waals surface area contributed by atoms with Gasteiger partial charge in [0.2, 0.25) is 5.91 Å². The van der Waals surface area contributed by atoms with Crippen LogP contribution in [0.25, 0.3) is 0 Å². The molecule has 0 aromatic heterocycles. The van der Waals surface area contributed by atoms with Crippen LogP contribution in [0.3, 0.4) is 0 Å². The van der Waals surface area contributed by atoms with Crippen LogP contribution in [0.4, 0.5) is 0 Å². The van der Waals surface area contributed by atoms with Gasteiger partial charge in [-0.05, 0) is 18.8 Å². The van der Waals surface area contributed by atoms with E-state index in [9.17, 15) is 9.59 Å². The molecular weight excluding hydrogens is 232 g/mol. The molecule has 0 aliphatic heterocycles. The number of carboxylic acids is 1. The van der Waals surface area contributed by atoms with Crippen LogP contribution in [0.1, 0.15) is 32.1 Å². The van der Waals surface area contributed by atoms with Gasteiger partial charge in [0, 0.05) is 13.0 Å². The molecule has 3 unspecified atom stereocenters. The van der Waals surface area contributed by atoms with Crippen LogP contribution in [0, 0.1) is 24.2 Å². The van der Waals surface area contributed by atoms with E-state index >= 15 is 0 Å². The zero-order valence-electron chi connectivity index (χ0n) is 10.4. The molecular formula is C13H20N2O3. The van der Waals surface area contributed by atoms with Crippen LogP contribution >= 0.6 is 0 Å². The van der Waals surface area contributed by atoms with Crippen LogP contribution in [0.5, 0.6) is 0 Å². The normalized spacial score (nSPS) is 24.9. The van der Waals surface area contributed by atoms with Gasteiger partial charge in [-0.3, -0.25) is 9.59 Å². The molecule has 18 heavy (non-hydrogen) atoms. The summed E-state index contributed by atoms with van der Waals surface area (Å²) in [5.74, 6) is 0.894. The molecule has 0 heterocycles. The highest BCUT2D eigenvalue weighted by Crippen LogP contribution is 2.29. The fraction of sp³-hybridized carbons (Fsp3) is 0.692. The highest BCUT2D eigenvalue weighted by molar-refractivity contribution is 5.81. The van der Waals surface area contributed by atoms with E-state index in [1.54, 1.807) is 0 Å². The Morgan fingerprint density at radius 1 is 1.44 bits per heavy atom. The SMILES string of the molecule is C#CCC(N)C(=O)NCC1CCCCC1C(=O)O. The number of nitrogens with two attached hydrogens (primary N) is 1. The van der Waals surface area contributed by atoms with Crippen molar-refractivity contribution < 1.29 is 14.7 Å². The molecule has 0 spiro atoms. The van der Waals surface area contributed by atoms with Gasteiger partial charge in [-0.1, -0.05) is 12.8 Å². The summed E-state index contributed by atoms with van der Waals surface area (Å²) in [4.78, 5) is 22.7. The first-order chi connectivity index (χ1) is 8.56. The molecule has 3 atom stereocenters. The summed E-state index contributed by atoms with van der Waals surface area (Å²) in [6.07, 6.45) is 8.75. The summed E-state index contributed by atoms with van der Waals surface area (Å²) in [5.41, 5.74) is 5.57. The Morgan fingerprint density at radius 2 is 2.11 bits per heavy atom. The monoisotopic (exact) mass is 252 g/mol. The minimum Gasteiger partial charge on any atom is -0.481 e. The lowest BCUT2D eigenvalue weighted by Gasteiger charge is -2.28. The van der Waals surface area contributed by atoms with E-state index in [2.05, 4.69) is 11.2 Å². The summed E-state index contributed by atoms with van der Waals surface area (Å²) in [6.45, 7) is 0.369. The number of amides is 1. The van der Waals surface area contributed by atoms with Gasteiger partial charge in [0.05, 0.1) is 12.0 Å². The minimum absolute atomic E-state index is 0.00163. The molecule has 0 aromatic rings. The molecule has 0 saturated heterocycles. The minimum atomic E-state index is -0.776. The van der Waals surface area contributed by atoms with Crippen molar-refractivity contribution >= 4 is 11.9 Å². The first-order valence-electron chi connectivity index (χ1n) is 6.25. The maximum absolute atomic E-state index is 11.6. The quantitative estimate of drug-likeness (QED) is 0.615. The van der Waals surface area contributed by atoms with Crippen molar-refractivity contribution in [1.29, 1.82) is 0 Å². The number of hydrogen-bond donors (Lipinski definition) is 3. The van der Waals surface area contributed by atoms with E-state index in [1.165, 1.54) is 0 Å². The molecule has 0 aromatic carbocycles. The molecule has 1 aliphatic rings. The van der Waals surface area contributed by atoms with Gasteiger partial charge >= 0.3 is 5.97 Å². The third kappa shape index (κ3) is 4.04. The third-order valence-electron chi connectivity index (χ3n) is 3.44. The van der Waals surface area contributed by atoms with Gasteiger partial charge in [-0.15, -0.1) is 12.3 Å².